The van der Waals surface area contributed by atoms with Gasteiger partial charge in [0.05, 0.1) is 18.4 Å². The zero-order valence-electron chi connectivity index (χ0n) is 15.5. The van der Waals surface area contributed by atoms with E-state index in [1.54, 1.807) is 12.3 Å². The summed E-state index contributed by atoms with van der Waals surface area (Å²) >= 11 is 0. The molecule has 4 rings (SSSR count). The number of fused-ring (bicyclic) bond motifs is 1. The van der Waals surface area contributed by atoms with Crippen molar-refractivity contribution in [2.45, 2.75) is 32.4 Å². The molecule has 0 spiro atoms. The summed E-state index contributed by atoms with van der Waals surface area (Å²) in [5.74, 6) is 1.24. The monoisotopic (exact) mass is 411 g/mol. The van der Waals surface area contributed by atoms with E-state index < -0.39 is 0 Å². The fourth-order valence-corrected chi connectivity index (χ4v) is 4.06. The molecule has 2 atom stereocenters. The second-order valence-electron chi connectivity index (χ2n) is 7.21. The van der Waals surface area contributed by atoms with Crippen LogP contribution in [0.1, 0.15) is 35.0 Å². The summed E-state index contributed by atoms with van der Waals surface area (Å²) in [6, 6.07) is 10.7. The van der Waals surface area contributed by atoms with Gasteiger partial charge in [-0.1, -0.05) is 18.2 Å². The summed E-state index contributed by atoms with van der Waals surface area (Å²) in [6.45, 7) is 5.03. The van der Waals surface area contributed by atoms with Crippen molar-refractivity contribution in [1.82, 2.24) is 4.90 Å². The van der Waals surface area contributed by atoms with Gasteiger partial charge >= 0.3 is 0 Å². The summed E-state index contributed by atoms with van der Waals surface area (Å²) in [4.78, 5) is 17.1. The number of hydrogen-bond donors (Lipinski definition) is 1. The third-order valence-corrected chi connectivity index (χ3v) is 5.54. The molecule has 0 saturated carbocycles. The molecular formula is C20H27Cl2N3O2. The number of amides is 1. The molecule has 27 heavy (non-hydrogen) atoms. The standard InChI is InChI=1S/C20H25N3O2.2ClH/c1-14-10-16-4-2-3-5-18(16)23(14)13-19-17(7-9-25-19)20(24)22-8-6-15(11-21)12-22;;/h2-5,7,9,14-15H,6,8,10-13,21H2,1H3;2*1H. The number of para-hydroxylation sites is 1. The maximum atomic E-state index is 12.9. The number of rotatable bonds is 4. The van der Waals surface area contributed by atoms with Crippen LogP contribution >= 0.6 is 24.8 Å². The molecule has 2 N–H and O–H groups in total. The third kappa shape index (κ3) is 4.10. The fourth-order valence-electron chi connectivity index (χ4n) is 4.06. The Labute approximate surface area is 172 Å². The molecule has 1 aromatic carbocycles. The summed E-state index contributed by atoms with van der Waals surface area (Å²) in [5, 5.41) is 0. The molecule has 1 fully saturated rings. The van der Waals surface area contributed by atoms with Crippen LogP contribution in [0.3, 0.4) is 0 Å². The van der Waals surface area contributed by atoms with Crippen molar-refractivity contribution in [3.05, 3.63) is 53.5 Å². The Morgan fingerprint density at radius 3 is 2.78 bits per heavy atom. The molecule has 1 saturated heterocycles. The van der Waals surface area contributed by atoms with E-state index in [0.29, 0.717) is 30.6 Å². The maximum Gasteiger partial charge on any atom is 0.257 e. The van der Waals surface area contributed by atoms with E-state index in [0.717, 1.165) is 31.7 Å². The molecule has 1 aromatic heterocycles. The molecule has 1 amide bonds. The van der Waals surface area contributed by atoms with E-state index in [9.17, 15) is 4.79 Å². The molecule has 0 bridgehead atoms. The number of halogens is 2. The van der Waals surface area contributed by atoms with Gasteiger partial charge in [-0.05, 0) is 49.9 Å². The lowest BCUT2D eigenvalue weighted by molar-refractivity contribution is 0.0785. The van der Waals surface area contributed by atoms with E-state index in [4.69, 9.17) is 10.2 Å². The number of carbonyl (C=O) groups excluding carboxylic acids is 1. The summed E-state index contributed by atoms with van der Waals surface area (Å²) in [7, 11) is 0. The van der Waals surface area contributed by atoms with Gasteiger partial charge in [-0.25, -0.2) is 0 Å². The molecule has 7 heteroatoms. The molecule has 3 heterocycles. The van der Waals surface area contributed by atoms with Gasteiger partial charge < -0.3 is 20.0 Å². The first-order chi connectivity index (χ1) is 12.2. The van der Waals surface area contributed by atoms with Crippen LogP contribution in [0.25, 0.3) is 0 Å². The predicted molar refractivity (Wildman–Crippen MR) is 112 cm³/mol. The second kappa shape index (κ2) is 9.00. The largest absolute Gasteiger partial charge is 0.467 e. The highest BCUT2D eigenvalue weighted by Crippen LogP contribution is 2.34. The maximum absolute atomic E-state index is 12.9. The number of anilines is 1. The number of furan rings is 1. The van der Waals surface area contributed by atoms with Crippen LogP contribution in [0.4, 0.5) is 5.69 Å². The molecule has 5 nitrogen and oxygen atoms in total. The second-order valence-corrected chi connectivity index (χ2v) is 7.21. The van der Waals surface area contributed by atoms with Crippen molar-refractivity contribution in [1.29, 1.82) is 0 Å². The molecular weight excluding hydrogens is 385 g/mol. The topological polar surface area (TPSA) is 62.7 Å². The molecule has 0 radical (unpaired) electrons. The fraction of sp³-hybridized carbons (Fsp3) is 0.450. The first-order valence-electron chi connectivity index (χ1n) is 9.07. The van der Waals surface area contributed by atoms with E-state index in [1.165, 1.54) is 11.3 Å². The van der Waals surface area contributed by atoms with Gasteiger partial charge in [0.15, 0.2) is 0 Å². The van der Waals surface area contributed by atoms with E-state index >= 15 is 0 Å². The van der Waals surface area contributed by atoms with Gasteiger partial charge in [0.25, 0.3) is 5.91 Å². The quantitative estimate of drug-likeness (QED) is 0.835. The Morgan fingerprint density at radius 1 is 1.26 bits per heavy atom. The highest BCUT2D eigenvalue weighted by atomic mass is 35.5. The van der Waals surface area contributed by atoms with Crippen LogP contribution in [0.5, 0.6) is 0 Å². The minimum absolute atomic E-state index is 0. The number of nitrogens with zero attached hydrogens (tertiary/aromatic N) is 2. The van der Waals surface area contributed by atoms with Crippen molar-refractivity contribution in [3.63, 3.8) is 0 Å². The van der Waals surface area contributed by atoms with Gasteiger partial charge in [-0.2, -0.15) is 0 Å². The number of nitrogens with two attached hydrogens (primary N) is 1. The molecule has 2 aromatic rings. The van der Waals surface area contributed by atoms with Crippen LogP contribution in [-0.4, -0.2) is 36.5 Å². The molecule has 2 aliphatic heterocycles. The highest BCUT2D eigenvalue weighted by molar-refractivity contribution is 5.95. The number of benzene rings is 1. The molecule has 148 valence electrons. The predicted octanol–water partition coefficient (Wildman–Crippen LogP) is 3.50. The average molecular weight is 412 g/mol. The van der Waals surface area contributed by atoms with E-state index in [1.807, 2.05) is 4.90 Å². The van der Waals surface area contributed by atoms with Crippen molar-refractivity contribution in [2.24, 2.45) is 11.7 Å². The van der Waals surface area contributed by atoms with Crippen LogP contribution in [-0.2, 0) is 13.0 Å². The van der Waals surface area contributed by atoms with E-state index in [2.05, 4.69) is 36.1 Å². The minimum Gasteiger partial charge on any atom is -0.467 e. The van der Waals surface area contributed by atoms with Crippen LogP contribution in [0.15, 0.2) is 41.0 Å². The first-order valence-corrected chi connectivity index (χ1v) is 9.07. The molecule has 0 aliphatic carbocycles. The Bertz CT molecular complexity index is 780. The number of hydrogen-bond acceptors (Lipinski definition) is 4. The van der Waals surface area contributed by atoms with Gasteiger partial charge in [0.1, 0.15) is 5.76 Å². The lowest BCUT2D eigenvalue weighted by Crippen LogP contribution is -2.32. The van der Waals surface area contributed by atoms with Crippen molar-refractivity contribution < 1.29 is 9.21 Å². The lowest BCUT2D eigenvalue weighted by atomic mass is 10.1. The van der Waals surface area contributed by atoms with Crippen LogP contribution < -0.4 is 10.6 Å². The summed E-state index contributed by atoms with van der Waals surface area (Å²) in [6.07, 6.45) is 3.65. The number of likely N-dealkylation sites (tertiary alicyclic amines) is 1. The Hall–Kier alpha value is -1.69. The summed E-state index contributed by atoms with van der Waals surface area (Å²) in [5.41, 5.74) is 9.05. The Morgan fingerprint density at radius 2 is 2.04 bits per heavy atom. The zero-order valence-corrected chi connectivity index (χ0v) is 17.1. The zero-order chi connectivity index (χ0) is 17.4. The SMILES string of the molecule is CC1Cc2ccccc2N1Cc1occc1C(=O)N1CCC(CN)C1.Cl.Cl. The van der Waals surface area contributed by atoms with Crippen molar-refractivity contribution >= 4 is 36.4 Å². The normalized spacial score (nSPS) is 20.8. The Kier molecular flexibility index (Phi) is 7.20. The third-order valence-electron chi connectivity index (χ3n) is 5.54. The first kappa shape index (κ1) is 21.6. The molecule has 2 unspecified atom stereocenters. The molecule has 2 aliphatic rings. The smallest absolute Gasteiger partial charge is 0.257 e. The average Bonchev–Trinajstić information content (AvgIpc) is 3.34. The van der Waals surface area contributed by atoms with Crippen LogP contribution in [0.2, 0.25) is 0 Å². The highest BCUT2D eigenvalue weighted by Gasteiger charge is 2.31. The van der Waals surface area contributed by atoms with Gasteiger partial charge in [0.2, 0.25) is 0 Å². The summed E-state index contributed by atoms with van der Waals surface area (Å²) < 4.78 is 5.71. The minimum atomic E-state index is 0. The van der Waals surface area contributed by atoms with Gasteiger partial charge in [0, 0.05) is 24.8 Å². The van der Waals surface area contributed by atoms with Gasteiger partial charge in [-0.15, -0.1) is 24.8 Å². The number of carbonyl (C=O) groups is 1. The van der Waals surface area contributed by atoms with Crippen LogP contribution in [0, 0.1) is 5.92 Å². The van der Waals surface area contributed by atoms with E-state index in [-0.39, 0.29) is 30.7 Å². The lowest BCUT2D eigenvalue weighted by Gasteiger charge is -2.24. The van der Waals surface area contributed by atoms with Crippen molar-refractivity contribution in [3.8, 4) is 0 Å². The van der Waals surface area contributed by atoms with Crippen molar-refractivity contribution in [2.75, 3.05) is 24.5 Å². The Balaban J connectivity index is 0.00000131. The van der Waals surface area contributed by atoms with Gasteiger partial charge in [-0.3, -0.25) is 4.79 Å².